The van der Waals surface area contributed by atoms with Crippen LogP contribution < -0.4 is 8.92 Å². The van der Waals surface area contributed by atoms with E-state index in [1.807, 2.05) is 0 Å². The molecule has 1 aromatic carbocycles. The summed E-state index contributed by atoms with van der Waals surface area (Å²) in [4.78, 5) is 10.5. The van der Waals surface area contributed by atoms with E-state index in [4.69, 9.17) is 4.74 Å². The van der Waals surface area contributed by atoms with E-state index in [1.165, 1.54) is 25.1 Å². The van der Waals surface area contributed by atoms with Crippen LogP contribution in [0.5, 0.6) is 11.5 Å². The fourth-order valence-corrected chi connectivity index (χ4v) is 1.61. The molecular weight excluding hydrogens is 317 g/mol. The maximum Gasteiger partial charge on any atom is 0.534 e. The molecule has 0 atom stereocenters. The van der Waals surface area contributed by atoms with E-state index in [0.29, 0.717) is 0 Å². The lowest BCUT2D eigenvalue weighted by Crippen LogP contribution is -2.28. The number of ether oxygens (including phenoxy) is 2. The molecule has 0 aliphatic heterocycles. The van der Waals surface area contributed by atoms with Gasteiger partial charge in [0.1, 0.15) is 13.2 Å². The number of esters is 1. The van der Waals surface area contributed by atoms with E-state index in [2.05, 4.69) is 8.92 Å². The Labute approximate surface area is 118 Å². The van der Waals surface area contributed by atoms with Gasteiger partial charge in [-0.2, -0.15) is 21.6 Å². The molecule has 0 aliphatic rings. The van der Waals surface area contributed by atoms with Crippen molar-refractivity contribution in [3.63, 3.8) is 0 Å². The summed E-state index contributed by atoms with van der Waals surface area (Å²) >= 11 is 0. The molecule has 1 aromatic rings. The molecule has 0 spiro atoms. The zero-order valence-electron chi connectivity index (χ0n) is 10.7. The van der Waals surface area contributed by atoms with Crippen LogP contribution in [-0.4, -0.2) is 33.1 Å². The quantitative estimate of drug-likeness (QED) is 0.343. The van der Waals surface area contributed by atoms with E-state index in [9.17, 15) is 26.4 Å². The average Bonchev–Trinajstić information content (AvgIpc) is 2.34. The van der Waals surface area contributed by atoms with Gasteiger partial charge in [-0.3, -0.25) is 4.79 Å². The van der Waals surface area contributed by atoms with Gasteiger partial charge in [0.2, 0.25) is 0 Å². The molecule has 0 unspecified atom stereocenters. The number of hydrogen-bond acceptors (Lipinski definition) is 6. The van der Waals surface area contributed by atoms with Crippen LogP contribution in [0, 0.1) is 0 Å². The minimum Gasteiger partial charge on any atom is -0.486 e. The predicted octanol–water partition coefficient (Wildman–Crippen LogP) is 1.86. The van der Waals surface area contributed by atoms with Crippen LogP contribution in [-0.2, 0) is 19.6 Å². The Morgan fingerprint density at radius 1 is 1.14 bits per heavy atom. The van der Waals surface area contributed by atoms with Gasteiger partial charge in [0, 0.05) is 6.92 Å². The van der Waals surface area contributed by atoms with Crippen LogP contribution in [0.3, 0.4) is 0 Å². The Kier molecular flexibility index (Phi) is 5.41. The SMILES string of the molecule is CC(=O)OCCOc1ccccc1OS(=O)(=O)C(F)(F)F. The molecule has 10 heteroatoms. The van der Waals surface area contributed by atoms with Crippen molar-refractivity contribution in [3.05, 3.63) is 24.3 Å². The molecular formula is C11H11F3O6S. The summed E-state index contributed by atoms with van der Waals surface area (Å²) in [5, 5.41) is 0. The Balaban J connectivity index is 2.78. The van der Waals surface area contributed by atoms with Gasteiger partial charge < -0.3 is 13.7 Å². The van der Waals surface area contributed by atoms with E-state index in [-0.39, 0.29) is 19.0 Å². The van der Waals surface area contributed by atoms with E-state index in [1.54, 1.807) is 0 Å². The van der Waals surface area contributed by atoms with E-state index in [0.717, 1.165) is 6.07 Å². The number of halogens is 3. The topological polar surface area (TPSA) is 78.9 Å². The molecule has 0 saturated heterocycles. The number of carbonyl (C=O) groups is 1. The lowest BCUT2D eigenvalue weighted by Gasteiger charge is -2.13. The van der Waals surface area contributed by atoms with Gasteiger partial charge in [0.15, 0.2) is 11.5 Å². The van der Waals surface area contributed by atoms with Gasteiger partial charge in [-0.15, -0.1) is 0 Å². The molecule has 6 nitrogen and oxygen atoms in total. The minimum absolute atomic E-state index is 0.143. The summed E-state index contributed by atoms with van der Waals surface area (Å²) in [7, 11) is -5.78. The average molecular weight is 328 g/mol. The number of rotatable bonds is 6. The number of hydrogen-bond donors (Lipinski definition) is 0. The molecule has 0 aliphatic carbocycles. The highest BCUT2D eigenvalue weighted by atomic mass is 32.2. The number of alkyl halides is 3. The first-order chi connectivity index (χ1) is 9.63. The molecule has 0 radical (unpaired) electrons. The zero-order valence-corrected chi connectivity index (χ0v) is 11.5. The maximum absolute atomic E-state index is 12.2. The molecule has 0 heterocycles. The van der Waals surface area contributed by atoms with Crippen molar-refractivity contribution in [2.45, 2.75) is 12.4 Å². The van der Waals surface area contributed by atoms with Crippen molar-refractivity contribution in [3.8, 4) is 11.5 Å². The standard InChI is InChI=1S/C11H11F3O6S/c1-8(15)18-6-7-19-9-4-2-3-5-10(9)20-21(16,17)11(12,13)14/h2-5H,6-7H2,1H3. The lowest BCUT2D eigenvalue weighted by molar-refractivity contribution is -0.141. The van der Waals surface area contributed by atoms with Gasteiger partial charge in [0.25, 0.3) is 0 Å². The zero-order chi connectivity index (χ0) is 16.1. The number of benzene rings is 1. The summed E-state index contributed by atoms with van der Waals surface area (Å²) in [6.07, 6.45) is 0. The number of carbonyl (C=O) groups excluding carboxylic acids is 1. The molecule has 118 valence electrons. The molecule has 0 amide bonds. The van der Waals surface area contributed by atoms with Crippen LogP contribution in [0.4, 0.5) is 13.2 Å². The minimum atomic E-state index is -5.78. The highest BCUT2D eigenvalue weighted by molar-refractivity contribution is 7.88. The van der Waals surface area contributed by atoms with E-state index < -0.39 is 27.3 Å². The van der Waals surface area contributed by atoms with Crippen LogP contribution in [0.25, 0.3) is 0 Å². The normalized spacial score (nSPS) is 11.8. The van der Waals surface area contributed by atoms with Gasteiger partial charge in [-0.1, -0.05) is 12.1 Å². The fraction of sp³-hybridized carbons (Fsp3) is 0.364. The van der Waals surface area contributed by atoms with Crippen LogP contribution >= 0.6 is 0 Å². The smallest absolute Gasteiger partial charge is 0.486 e. The molecule has 0 aromatic heterocycles. The maximum atomic E-state index is 12.2. The first-order valence-corrected chi connectivity index (χ1v) is 6.90. The monoisotopic (exact) mass is 328 g/mol. The third kappa shape index (κ3) is 5.14. The highest BCUT2D eigenvalue weighted by Crippen LogP contribution is 2.32. The Morgan fingerprint density at radius 2 is 1.71 bits per heavy atom. The van der Waals surface area contributed by atoms with Crippen molar-refractivity contribution >= 4 is 16.1 Å². The third-order valence-electron chi connectivity index (χ3n) is 1.98. The third-order valence-corrected chi connectivity index (χ3v) is 2.94. The number of para-hydroxylation sites is 2. The first kappa shape index (κ1) is 17.1. The Bertz CT molecular complexity index is 596. The Hall–Kier alpha value is -1.97. The van der Waals surface area contributed by atoms with Crippen molar-refractivity contribution in [1.82, 2.24) is 0 Å². The van der Waals surface area contributed by atoms with Crippen molar-refractivity contribution in [2.24, 2.45) is 0 Å². The van der Waals surface area contributed by atoms with Gasteiger partial charge in [0.05, 0.1) is 0 Å². The fourth-order valence-electron chi connectivity index (χ4n) is 1.14. The molecule has 0 bridgehead atoms. The Morgan fingerprint density at radius 3 is 2.24 bits per heavy atom. The molecule has 1 rings (SSSR count). The summed E-state index contributed by atoms with van der Waals surface area (Å²) in [5.41, 5.74) is -5.54. The van der Waals surface area contributed by atoms with Crippen molar-refractivity contribution in [1.29, 1.82) is 0 Å². The summed E-state index contributed by atoms with van der Waals surface area (Å²) in [6, 6.07) is 4.91. The summed E-state index contributed by atoms with van der Waals surface area (Å²) in [6.45, 7) is 0.856. The largest absolute Gasteiger partial charge is 0.534 e. The van der Waals surface area contributed by atoms with Crippen molar-refractivity contribution < 1.29 is 40.0 Å². The van der Waals surface area contributed by atoms with Crippen LogP contribution in [0.1, 0.15) is 6.92 Å². The second-order valence-electron chi connectivity index (χ2n) is 3.62. The second-order valence-corrected chi connectivity index (χ2v) is 5.16. The van der Waals surface area contributed by atoms with Crippen molar-refractivity contribution in [2.75, 3.05) is 13.2 Å². The lowest BCUT2D eigenvalue weighted by atomic mass is 10.3. The summed E-state index contributed by atoms with van der Waals surface area (Å²) in [5.74, 6) is -1.39. The van der Waals surface area contributed by atoms with Crippen LogP contribution in [0.15, 0.2) is 24.3 Å². The molecule has 0 saturated carbocycles. The predicted molar refractivity (Wildman–Crippen MR) is 64.2 cm³/mol. The molecule has 21 heavy (non-hydrogen) atoms. The summed E-state index contributed by atoms with van der Waals surface area (Å²) < 4.78 is 72.1. The van der Waals surface area contributed by atoms with E-state index >= 15 is 0 Å². The molecule has 0 N–H and O–H groups in total. The first-order valence-electron chi connectivity index (χ1n) is 5.49. The second kappa shape index (κ2) is 6.66. The van der Waals surface area contributed by atoms with Gasteiger partial charge in [-0.05, 0) is 12.1 Å². The van der Waals surface area contributed by atoms with Gasteiger partial charge in [-0.25, -0.2) is 0 Å². The molecule has 0 fully saturated rings. The highest BCUT2D eigenvalue weighted by Gasteiger charge is 2.48. The van der Waals surface area contributed by atoms with Crippen LogP contribution in [0.2, 0.25) is 0 Å². The van der Waals surface area contributed by atoms with Gasteiger partial charge >= 0.3 is 21.6 Å².